The molecule has 3 aromatic carbocycles. The van der Waals surface area contributed by atoms with E-state index in [4.69, 9.17) is 21.1 Å². The molecule has 6 nitrogen and oxygen atoms in total. The Morgan fingerprint density at radius 1 is 1.08 bits per heavy atom. The molecule has 1 aliphatic heterocycles. The minimum Gasteiger partial charge on any atom is -0.450 e. The largest absolute Gasteiger partial charge is 0.450 e. The van der Waals surface area contributed by atoms with Gasteiger partial charge in [-0.2, -0.15) is 0 Å². The second kappa shape index (κ2) is 9.21. The highest BCUT2D eigenvalue weighted by molar-refractivity contribution is 6.31. The quantitative estimate of drug-likeness (QED) is 0.283. The molecule has 7 heteroatoms. The van der Waals surface area contributed by atoms with Crippen LogP contribution in [0.15, 0.2) is 78.9 Å². The van der Waals surface area contributed by atoms with Crippen LogP contribution in [0.3, 0.4) is 0 Å². The van der Waals surface area contributed by atoms with Gasteiger partial charge < -0.3 is 14.5 Å². The van der Waals surface area contributed by atoms with Crippen LogP contribution < -0.4 is 4.74 Å². The van der Waals surface area contributed by atoms with E-state index in [0.717, 1.165) is 39.5 Å². The zero-order chi connectivity index (χ0) is 24.6. The third-order valence-corrected chi connectivity index (χ3v) is 6.82. The van der Waals surface area contributed by atoms with Crippen LogP contribution in [-0.2, 0) is 11.2 Å². The smallest absolute Gasteiger partial charge is 0.410 e. The molecule has 2 aromatic heterocycles. The summed E-state index contributed by atoms with van der Waals surface area (Å²) in [6, 6.07) is 25.1. The molecule has 0 spiro atoms. The van der Waals surface area contributed by atoms with E-state index in [1.54, 1.807) is 4.90 Å². The lowest BCUT2D eigenvalue weighted by atomic mass is 9.92. The predicted octanol–water partition coefficient (Wildman–Crippen LogP) is 7.27. The Bertz CT molecular complexity index is 1580. The van der Waals surface area contributed by atoms with Crippen LogP contribution in [-0.4, -0.2) is 34.1 Å². The van der Waals surface area contributed by atoms with E-state index in [1.165, 1.54) is 5.56 Å². The molecule has 1 atom stereocenters. The number of carbonyl (C=O) groups excluding carboxylic acids is 1. The number of hydrogen-bond donors (Lipinski definition) is 1. The molecule has 1 N–H and O–H groups in total. The number of hydrogen-bond acceptors (Lipinski definition) is 4. The molecule has 0 saturated heterocycles. The maximum Gasteiger partial charge on any atom is 0.410 e. The predicted molar refractivity (Wildman–Crippen MR) is 141 cm³/mol. The fraction of sp³-hybridized carbons (Fsp3) is 0.172. The maximum atomic E-state index is 12.9. The summed E-state index contributed by atoms with van der Waals surface area (Å²) in [7, 11) is 0. The van der Waals surface area contributed by atoms with Crippen molar-refractivity contribution in [2.45, 2.75) is 19.4 Å². The zero-order valence-electron chi connectivity index (χ0n) is 19.7. The maximum absolute atomic E-state index is 12.9. The number of pyridine rings is 1. The molecule has 0 aliphatic carbocycles. The van der Waals surface area contributed by atoms with Gasteiger partial charge in [0, 0.05) is 39.6 Å². The fourth-order valence-corrected chi connectivity index (χ4v) is 5.13. The number of fused-ring (bicyclic) bond motifs is 4. The summed E-state index contributed by atoms with van der Waals surface area (Å²) >= 11 is 6.29. The average molecular weight is 498 g/mol. The van der Waals surface area contributed by atoms with Crippen molar-refractivity contribution in [2.75, 3.05) is 13.2 Å². The Hall–Kier alpha value is -4.03. The van der Waals surface area contributed by atoms with Crippen LogP contribution >= 0.6 is 11.6 Å². The first kappa shape index (κ1) is 22.4. The lowest BCUT2D eigenvalue weighted by Gasteiger charge is -2.35. The van der Waals surface area contributed by atoms with E-state index in [1.807, 2.05) is 85.8 Å². The van der Waals surface area contributed by atoms with Gasteiger partial charge in [0.15, 0.2) is 0 Å². The lowest BCUT2D eigenvalue weighted by molar-refractivity contribution is 0.0932. The molecule has 0 unspecified atom stereocenters. The molecule has 1 aliphatic rings. The number of rotatable bonds is 4. The third-order valence-electron chi connectivity index (χ3n) is 6.58. The Balaban J connectivity index is 1.35. The summed E-state index contributed by atoms with van der Waals surface area (Å²) in [5.41, 5.74) is 5.00. The van der Waals surface area contributed by atoms with E-state index in [9.17, 15) is 4.79 Å². The van der Waals surface area contributed by atoms with E-state index in [2.05, 4.69) is 9.97 Å². The highest BCUT2D eigenvalue weighted by Gasteiger charge is 2.35. The molecule has 36 heavy (non-hydrogen) atoms. The van der Waals surface area contributed by atoms with Crippen molar-refractivity contribution in [2.24, 2.45) is 0 Å². The lowest BCUT2D eigenvalue weighted by Crippen LogP contribution is -2.40. The van der Waals surface area contributed by atoms with Gasteiger partial charge in [0.25, 0.3) is 0 Å². The second-order valence-corrected chi connectivity index (χ2v) is 9.20. The average Bonchev–Trinajstić information content (AvgIpc) is 3.26. The van der Waals surface area contributed by atoms with Gasteiger partial charge >= 0.3 is 6.09 Å². The van der Waals surface area contributed by atoms with Gasteiger partial charge in [0.2, 0.25) is 5.88 Å². The van der Waals surface area contributed by atoms with Crippen molar-refractivity contribution in [1.82, 2.24) is 14.9 Å². The molecule has 0 bridgehead atoms. The third kappa shape index (κ3) is 4.03. The van der Waals surface area contributed by atoms with Crippen molar-refractivity contribution in [3.8, 4) is 11.6 Å². The van der Waals surface area contributed by atoms with E-state index in [0.29, 0.717) is 29.8 Å². The highest BCUT2D eigenvalue weighted by Crippen LogP contribution is 2.40. The Labute approximate surface area is 213 Å². The van der Waals surface area contributed by atoms with Crippen molar-refractivity contribution >= 4 is 39.5 Å². The molecule has 0 radical (unpaired) electrons. The number of amides is 1. The van der Waals surface area contributed by atoms with Crippen molar-refractivity contribution in [3.63, 3.8) is 0 Å². The van der Waals surface area contributed by atoms with Crippen LogP contribution in [0.4, 0.5) is 4.79 Å². The number of benzene rings is 3. The molecule has 3 heterocycles. The van der Waals surface area contributed by atoms with Crippen LogP contribution in [0.1, 0.15) is 29.8 Å². The van der Waals surface area contributed by atoms with E-state index in [-0.39, 0.29) is 12.1 Å². The summed E-state index contributed by atoms with van der Waals surface area (Å²) in [5, 5.41) is 2.85. The van der Waals surface area contributed by atoms with Crippen molar-refractivity contribution < 1.29 is 14.3 Å². The fourth-order valence-electron chi connectivity index (χ4n) is 4.95. The summed E-state index contributed by atoms with van der Waals surface area (Å²) < 4.78 is 11.4. The number of carbonyl (C=O) groups is 1. The summed E-state index contributed by atoms with van der Waals surface area (Å²) in [6.07, 6.45) is 0.394. The van der Waals surface area contributed by atoms with E-state index >= 15 is 0 Å². The highest BCUT2D eigenvalue weighted by atomic mass is 35.5. The van der Waals surface area contributed by atoms with Gasteiger partial charge in [0.1, 0.15) is 11.8 Å². The summed E-state index contributed by atoms with van der Waals surface area (Å²) in [5.74, 6) is 1.20. The summed E-state index contributed by atoms with van der Waals surface area (Å²) in [4.78, 5) is 22.8. The molecule has 1 amide bonds. The molecule has 6 rings (SSSR count). The van der Waals surface area contributed by atoms with Crippen LogP contribution in [0.2, 0.25) is 5.02 Å². The Morgan fingerprint density at radius 3 is 2.75 bits per heavy atom. The van der Waals surface area contributed by atoms with E-state index < -0.39 is 0 Å². The SMILES string of the molecule is CCOC(=O)N1CCc2c([nH]c3ccc(Cl)cc23)[C@@H]1c1ccc(Oc2ccc3ccccc3n2)cc1. The summed E-state index contributed by atoms with van der Waals surface area (Å²) in [6.45, 7) is 2.69. The van der Waals surface area contributed by atoms with Gasteiger partial charge in [-0.3, -0.25) is 4.90 Å². The van der Waals surface area contributed by atoms with Crippen molar-refractivity contribution in [1.29, 1.82) is 0 Å². The number of aromatic nitrogens is 2. The number of H-pyrrole nitrogens is 1. The Kier molecular flexibility index (Phi) is 5.74. The molecule has 180 valence electrons. The van der Waals surface area contributed by atoms with Crippen molar-refractivity contribution in [3.05, 3.63) is 101 Å². The van der Waals surface area contributed by atoms with Crippen LogP contribution in [0, 0.1) is 0 Å². The van der Waals surface area contributed by atoms with Crippen LogP contribution in [0.5, 0.6) is 11.6 Å². The molecule has 0 fully saturated rings. The van der Waals surface area contributed by atoms with Gasteiger partial charge in [-0.05, 0) is 66.9 Å². The normalized spacial score (nSPS) is 15.2. The molecular formula is C29H24ClN3O3. The molecule has 5 aromatic rings. The zero-order valence-corrected chi connectivity index (χ0v) is 20.5. The van der Waals surface area contributed by atoms with Gasteiger partial charge in [-0.15, -0.1) is 0 Å². The first-order chi connectivity index (χ1) is 17.6. The second-order valence-electron chi connectivity index (χ2n) is 8.77. The van der Waals surface area contributed by atoms with Gasteiger partial charge in [0.05, 0.1) is 12.1 Å². The van der Waals surface area contributed by atoms with Gasteiger partial charge in [-0.25, -0.2) is 9.78 Å². The minimum absolute atomic E-state index is 0.313. The Morgan fingerprint density at radius 2 is 1.92 bits per heavy atom. The number of halogens is 1. The number of nitrogens with zero attached hydrogens (tertiary/aromatic N) is 2. The number of aromatic amines is 1. The van der Waals surface area contributed by atoms with Gasteiger partial charge in [-0.1, -0.05) is 41.9 Å². The van der Waals surface area contributed by atoms with Crippen LogP contribution in [0.25, 0.3) is 21.8 Å². The standard InChI is InChI=1S/C29H24ClN3O3/c1-2-35-29(34)33-16-15-22-23-17-20(30)10-13-25(23)32-27(22)28(33)19-7-11-21(12-8-19)36-26-14-9-18-5-3-4-6-24(18)31-26/h3-14,17,28,32H,2,15-16H2,1H3/t28-/m0/s1. The molecular weight excluding hydrogens is 474 g/mol. The minimum atomic E-state index is -0.328. The molecule has 0 saturated carbocycles. The number of para-hydroxylation sites is 1. The monoisotopic (exact) mass is 497 g/mol. The number of ether oxygens (including phenoxy) is 2. The number of nitrogens with one attached hydrogen (secondary N) is 1. The first-order valence-electron chi connectivity index (χ1n) is 12.0. The topological polar surface area (TPSA) is 67.5 Å². The first-order valence-corrected chi connectivity index (χ1v) is 12.4.